The second kappa shape index (κ2) is 10.9. The third-order valence-corrected chi connectivity index (χ3v) is 9.33. The Kier molecular flexibility index (Phi) is 7.56. The van der Waals surface area contributed by atoms with Crippen molar-refractivity contribution in [1.29, 1.82) is 0 Å². The molecule has 0 atom stereocenters. The first kappa shape index (κ1) is 27.0. The van der Waals surface area contributed by atoms with E-state index in [0.717, 1.165) is 25.9 Å². The SMILES string of the molecule is O=C(NNC(=O)c1sc2cc([N+](=O)[O-])ccc2c1Cl)c1ccc(NC(=O)c2sc3cc(Br)ccc3c2Cl)cc1. The molecule has 2 aromatic heterocycles. The molecule has 3 aromatic carbocycles. The zero-order valence-corrected chi connectivity index (χ0v) is 23.9. The molecular formula is C25H13BrCl2N4O5S2. The van der Waals surface area contributed by atoms with Gasteiger partial charge in [-0.1, -0.05) is 45.2 Å². The predicted molar refractivity (Wildman–Crippen MR) is 157 cm³/mol. The molecule has 0 unspecified atom stereocenters. The van der Waals surface area contributed by atoms with Gasteiger partial charge in [0.2, 0.25) is 0 Å². The van der Waals surface area contributed by atoms with Gasteiger partial charge >= 0.3 is 0 Å². The first-order valence-corrected chi connectivity index (χ1v) is 14.1. The summed E-state index contributed by atoms with van der Waals surface area (Å²) in [5.41, 5.74) is 5.14. The predicted octanol–water partition coefficient (Wildman–Crippen LogP) is 7.42. The van der Waals surface area contributed by atoms with Crippen molar-refractivity contribution in [2.24, 2.45) is 0 Å². The Morgan fingerprint density at radius 1 is 0.769 bits per heavy atom. The molecule has 0 bridgehead atoms. The maximum absolute atomic E-state index is 12.8. The van der Waals surface area contributed by atoms with E-state index in [9.17, 15) is 24.5 Å². The summed E-state index contributed by atoms with van der Waals surface area (Å²) in [5.74, 6) is -1.66. The Morgan fingerprint density at radius 3 is 1.97 bits per heavy atom. The molecule has 5 rings (SSSR count). The number of carbonyl (C=O) groups excluding carboxylic acids is 3. The van der Waals surface area contributed by atoms with Gasteiger partial charge in [-0.25, -0.2) is 0 Å². The van der Waals surface area contributed by atoms with Gasteiger partial charge in [0.1, 0.15) is 9.75 Å². The molecule has 0 spiro atoms. The number of hydrazine groups is 1. The number of non-ortho nitro benzene ring substituents is 1. The zero-order chi connectivity index (χ0) is 27.8. The minimum Gasteiger partial charge on any atom is -0.321 e. The Labute approximate surface area is 246 Å². The molecule has 14 heteroatoms. The van der Waals surface area contributed by atoms with Gasteiger partial charge in [0, 0.05) is 48.0 Å². The first-order valence-electron chi connectivity index (χ1n) is 10.9. The summed E-state index contributed by atoms with van der Waals surface area (Å²) >= 11 is 18.3. The highest BCUT2D eigenvalue weighted by Gasteiger charge is 2.21. The summed E-state index contributed by atoms with van der Waals surface area (Å²) in [7, 11) is 0. The molecule has 0 saturated heterocycles. The molecule has 39 heavy (non-hydrogen) atoms. The van der Waals surface area contributed by atoms with E-state index in [1.165, 1.54) is 41.7 Å². The summed E-state index contributed by atoms with van der Waals surface area (Å²) in [6.45, 7) is 0. The van der Waals surface area contributed by atoms with Crippen LogP contribution in [0.25, 0.3) is 20.2 Å². The summed E-state index contributed by atoms with van der Waals surface area (Å²) in [4.78, 5) is 48.9. The van der Waals surface area contributed by atoms with Gasteiger partial charge in [-0.15, -0.1) is 22.7 Å². The highest BCUT2D eigenvalue weighted by Crippen LogP contribution is 2.38. The van der Waals surface area contributed by atoms with Crippen LogP contribution in [0.15, 0.2) is 65.1 Å². The summed E-state index contributed by atoms with van der Waals surface area (Å²) < 4.78 is 2.21. The largest absolute Gasteiger partial charge is 0.321 e. The summed E-state index contributed by atoms with van der Waals surface area (Å²) in [6, 6.07) is 15.7. The lowest BCUT2D eigenvalue weighted by Gasteiger charge is -2.08. The number of fused-ring (bicyclic) bond motifs is 2. The van der Waals surface area contributed by atoms with Crippen molar-refractivity contribution >= 4 is 111 Å². The fraction of sp³-hybridized carbons (Fsp3) is 0. The van der Waals surface area contributed by atoms with Crippen LogP contribution in [0, 0.1) is 10.1 Å². The van der Waals surface area contributed by atoms with Crippen molar-refractivity contribution in [1.82, 2.24) is 10.9 Å². The number of nitrogens with one attached hydrogen (secondary N) is 3. The Balaban J connectivity index is 1.22. The fourth-order valence-electron chi connectivity index (χ4n) is 3.63. The normalized spacial score (nSPS) is 10.9. The van der Waals surface area contributed by atoms with Crippen LogP contribution in [-0.4, -0.2) is 22.6 Å². The Bertz CT molecular complexity index is 1820. The maximum atomic E-state index is 12.8. The maximum Gasteiger partial charge on any atom is 0.281 e. The number of halogens is 3. The first-order chi connectivity index (χ1) is 18.6. The number of nitro benzene ring substituents is 1. The summed E-state index contributed by atoms with van der Waals surface area (Å²) in [6.07, 6.45) is 0. The van der Waals surface area contributed by atoms with Crippen LogP contribution in [0.5, 0.6) is 0 Å². The number of hydrogen-bond donors (Lipinski definition) is 3. The van der Waals surface area contributed by atoms with Gasteiger partial charge in [0.25, 0.3) is 23.4 Å². The number of anilines is 1. The van der Waals surface area contributed by atoms with Gasteiger partial charge in [-0.05, 0) is 42.5 Å². The molecule has 0 aliphatic heterocycles. The third kappa shape index (κ3) is 5.47. The van der Waals surface area contributed by atoms with Crippen LogP contribution >= 0.6 is 61.8 Å². The molecule has 0 fully saturated rings. The van der Waals surface area contributed by atoms with Gasteiger partial charge in [0.15, 0.2) is 0 Å². The number of carbonyl (C=O) groups is 3. The van der Waals surface area contributed by atoms with Crippen LogP contribution in [0.3, 0.4) is 0 Å². The number of rotatable bonds is 5. The van der Waals surface area contributed by atoms with Gasteiger partial charge < -0.3 is 5.32 Å². The summed E-state index contributed by atoms with van der Waals surface area (Å²) in [5, 5.41) is 15.5. The Hall–Kier alpha value is -3.55. The van der Waals surface area contributed by atoms with E-state index in [4.69, 9.17) is 23.2 Å². The van der Waals surface area contributed by atoms with Crippen molar-refractivity contribution in [3.63, 3.8) is 0 Å². The molecule has 196 valence electrons. The number of amides is 3. The second-order valence-electron chi connectivity index (χ2n) is 8.01. The molecule has 0 aliphatic carbocycles. The van der Waals surface area contributed by atoms with Crippen molar-refractivity contribution in [2.45, 2.75) is 0 Å². The van der Waals surface area contributed by atoms with Crippen LogP contribution < -0.4 is 16.2 Å². The van der Waals surface area contributed by atoms with Gasteiger partial charge in [-0.3, -0.25) is 35.3 Å². The minimum atomic E-state index is -0.673. The van der Waals surface area contributed by atoms with Crippen LogP contribution in [0.2, 0.25) is 10.0 Å². The monoisotopic (exact) mass is 662 g/mol. The second-order valence-corrected chi connectivity index (χ2v) is 11.8. The molecule has 3 N–H and O–H groups in total. The van der Waals surface area contributed by atoms with Crippen molar-refractivity contribution < 1.29 is 19.3 Å². The van der Waals surface area contributed by atoms with Crippen LogP contribution in [-0.2, 0) is 0 Å². The minimum absolute atomic E-state index is 0.0952. The topological polar surface area (TPSA) is 130 Å². The van der Waals surface area contributed by atoms with Gasteiger partial charge in [-0.2, -0.15) is 0 Å². The van der Waals surface area contributed by atoms with E-state index in [2.05, 4.69) is 32.1 Å². The fourth-order valence-corrected chi connectivity index (χ4v) is 7.04. The van der Waals surface area contributed by atoms with E-state index >= 15 is 0 Å². The van der Waals surface area contributed by atoms with E-state index in [1.54, 1.807) is 12.1 Å². The van der Waals surface area contributed by atoms with E-state index in [0.29, 0.717) is 25.7 Å². The molecule has 5 aromatic rings. The standard InChI is InChI=1S/C25H13BrCl2N4O5S2/c26-12-3-7-15-17(9-12)38-21(19(15)27)24(34)29-13-4-1-11(2-5-13)23(33)30-31-25(35)22-20(28)16-8-6-14(32(36)37)10-18(16)39-22/h1-10H,(H,29,34)(H,30,33)(H,31,35). The molecule has 3 amide bonds. The highest BCUT2D eigenvalue weighted by atomic mass is 79.9. The zero-order valence-electron chi connectivity index (χ0n) is 19.2. The smallest absolute Gasteiger partial charge is 0.281 e. The molecule has 0 saturated carbocycles. The molecule has 0 aliphatic rings. The van der Waals surface area contributed by atoms with Crippen molar-refractivity contribution in [3.05, 3.63) is 101 Å². The number of nitro groups is 1. The number of hydrogen-bond acceptors (Lipinski definition) is 7. The van der Waals surface area contributed by atoms with Gasteiger partial charge in [0.05, 0.1) is 15.0 Å². The van der Waals surface area contributed by atoms with E-state index in [-0.39, 0.29) is 27.1 Å². The third-order valence-electron chi connectivity index (χ3n) is 5.52. The lowest BCUT2D eigenvalue weighted by Crippen LogP contribution is -2.41. The number of benzene rings is 3. The molecular weight excluding hydrogens is 651 g/mol. The van der Waals surface area contributed by atoms with Crippen molar-refractivity contribution in [2.75, 3.05) is 5.32 Å². The quantitative estimate of drug-likeness (QED) is 0.133. The molecule has 9 nitrogen and oxygen atoms in total. The van der Waals surface area contributed by atoms with Crippen LogP contribution in [0.1, 0.15) is 29.7 Å². The van der Waals surface area contributed by atoms with Crippen LogP contribution in [0.4, 0.5) is 11.4 Å². The average molecular weight is 664 g/mol. The van der Waals surface area contributed by atoms with E-state index in [1.807, 2.05) is 18.2 Å². The number of thiophene rings is 2. The molecule has 0 radical (unpaired) electrons. The lowest BCUT2D eigenvalue weighted by molar-refractivity contribution is -0.384. The Morgan fingerprint density at radius 2 is 1.33 bits per heavy atom. The highest BCUT2D eigenvalue weighted by molar-refractivity contribution is 9.10. The molecule has 2 heterocycles. The van der Waals surface area contributed by atoms with Crippen molar-refractivity contribution in [3.8, 4) is 0 Å². The van der Waals surface area contributed by atoms with E-state index < -0.39 is 16.7 Å². The number of nitrogens with zero attached hydrogens (tertiary/aromatic N) is 1. The lowest BCUT2D eigenvalue weighted by atomic mass is 10.2. The average Bonchev–Trinajstić information content (AvgIpc) is 3.43.